The molecule has 3 aromatic carbocycles. The third-order valence-corrected chi connectivity index (χ3v) is 15.8. The molecular weight excluding hydrogens is 521 g/mol. The molecule has 37 heavy (non-hydrogen) atoms. The topological polar surface area (TPSA) is 68.3 Å². The Morgan fingerprint density at radius 3 is 1.78 bits per heavy atom. The van der Waals surface area contributed by atoms with E-state index >= 15 is 0 Å². The summed E-state index contributed by atoms with van der Waals surface area (Å²) in [5.74, 6) is 0.237. The van der Waals surface area contributed by atoms with E-state index < -0.39 is 30.2 Å². The van der Waals surface area contributed by atoms with Gasteiger partial charge in [-0.05, 0) is 78.8 Å². The predicted molar refractivity (Wildman–Crippen MR) is 146 cm³/mol. The summed E-state index contributed by atoms with van der Waals surface area (Å²) in [6.45, 7) is 0. The van der Waals surface area contributed by atoms with Gasteiger partial charge in [0, 0.05) is 9.64 Å². The molecule has 8 atom stereocenters. The Balaban J connectivity index is 1.43. The molecule has 7 rings (SSSR count). The smallest absolute Gasteiger partial charge is 0.182 e. The Morgan fingerprint density at radius 1 is 0.649 bits per heavy atom. The van der Waals surface area contributed by atoms with Gasteiger partial charge in [-0.15, -0.1) is 11.8 Å². The van der Waals surface area contributed by atoms with Crippen LogP contribution in [-0.4, -0.2) is 32.1 Å². The first-order valence-corrected chi connectivity index (χ1v) is 16.8. The van der Waals surface area contributed by atoms with Crippen LogP contribution in [0.3, 0.4) is 0 Å². The van der Waals surface area contributed by atoms with Crippen molar-refractivity contribution in [1.29, 1.82) is 0 Å². The Bertz CT molecular complexity index is 1570. The van der Waals surface area contributed by atoms with Crippen LogP contribution in [0.2, 0.25) is 0 Å². The fraction of sp³-hybridized carbons (Fsp3) is 0.333. The Kier molecular flexibility index (Phi) is 5.34. The lowest BCUT2D eigenvalue weighted by Gasteiger charge is -2.49. The second-order valence-electron chi connectivity index (χ2n) is 10.8. The van der Waals surface area contributed by atoms with E-state index in [0.717, 1.165) is 11.3 Å². The van der Waals surface area contributed by atoms with E-state index in [2.05, 4.69) is 24.3 Å². The zero-order chi connectivity index (χ0) is 25.4. The summed E-state index contributed by atoms with van der Waals surface area (Å²) in [7, 11) is -7.79. The van der Waals surface area contributed by atoms with Crippen LogP contribution in [0.15, 0.2) is 118 Å². The molecular formula is C30H28O4S3. The van der Waals surface area contributed by atoms with Gasteiger partial charge in [-0.2, -0.15) is 0 Å². The fourth-order valence-corrected chi connectivity index (χ4v) is 15.3. The van der Waals surface area contributed by atoms with Crippen molar-refractivity contribution in [3.05, 3.63) is 103 Å². The van der Waals surface area contributed by atoms with Gasteiger partial charge in [0.25, 0.3) is 0 Å². The maximum absolute atomic E-state index is 14.4. The van der Waals surface area contributed by atoms with Crippen LogP contribution < -0.4 is 0 Å². The molecule has 7 heteroatoms. The number of benzene rings is 3. The highest BCUT2D eigenvalue weighted by atomic mass is 32.2. The van der Waals surface area contributed by atoms with Gasteiger partial charge in [-0.3, -0.25) is 0 Å². The average Bonchev–Trinajstić information content (AvgIpc) is 3.69. The molecule has 0 heterocycles. The minimum atomic E-state index is -3.91. The highest BCUT2D eigenvalue weighted by molar-refractivity contribution is 8.01. The van der Waals surface area contributed by atoms with Crippen LogP contribution in [0.4, 0.5) is 0 Å². The molecule has 0 radical (unpaired) electrons. The molecule has 0 N–H and O–H groups in total. The van der Waals surface area contributed by atoms with Crippen LogP contribution in [0.1, 0.15) is 12.8 Å². The van der Waals surface area contributed by atoms with Crippen LogP contribution in [0, 0.1) is 29.6 Å². The summed E-state index contributed by atoms with van der Waals surface area (Å²) in [4.78, 5) is 1.57. The van der Waals surface area contributed by atoms with E-state index in [1.165, 1.54) is 0 Å². The van der Waals surface area contributed by atoms with E-state index in [0.29, 0.717) is 12.3 Å². The lowest BCUT2D eigenvalue weighted by Crippen LogP contribution is -2.58. The zero-order valence-electron chi connectivity index (χ0n) is 20.1. The summed E-state index contributed by atoms with van der Waals surface area (Å²) in [5, 5.41) is -1.93. The van der Waals surface area contributed by atoms with Crippen molar-refractivity contribution < 1.29 is 16.8 Å². The van der Waals surface area contributed by atoms with Crippen molar-refractivity contribution in [2.45, 2.75) is 42.8 Å². The van der Waals surface area contributed by atoms with E-state index in [9.17, 15) is 16.8 Å². The molecule has 190 valence electrons. The van der Waals surface area contributed by atoms with Gasteiger partial charge in [0.05, 0.1) is 20.3 Å². The molecule has 4 aliphatic rings. The van der Waals surface area contributed by atoms with E-state index in [4.69, 9.17) is 0 Å². The van der Waals surface area contributed by atoms with Crippen LogP contribution in [0.25, 0.3) is 0 Å². The first-order chi connectivity index (χ1) is 17.8. The highest BCUT2D eigenvalue weighted by Crippen LogP contribution is 2.75. The number of fused-ring (bicyclic) bond motifs is 9. The normalized spacial score (nSPS) is 35.6. The zero-order valence-corrected chi connectivity index (χ0v) is 22.6. The first kappa shape index (κ1) is 23.7. The number of thioether (sulfide) groups is 1. The summed E-state index contributed by atoms with van der Waals surface area (Å²) < 4.78 is 57.1. The van der Waals surface area contributed by atoms with Gasteiger partial charge in [-0.1, -0.05) is 66.7 Å². The van der Waals surface area contributed by atoms with Gasteiger partial charge in [0.15, 0.2) is 19.7 Å². The third-order valence-electron chi connectivity index (χ3n) is 9.29. The van der Waals surface area contributed by atoms with Crippen molar-refractivity contribution in [3.8, 4) is 0 Å². The number of hydrogen-bond acceptors (Lipinski definition) is 5. The fourth-order valence-electron chi connectivity index (χ4n) is 8.16. The summed E-state index contributed by atoms with van der Waals surface area (Å²) in [6, 6.07) is 27.1. The molecule has 0 unspecified atom stereocenters. The van der Waals surface area contributed by atoms with E-state index in [1.54, 1.807) is 60.7 Å². The maximum Gasteiger partial charge on any atom is 0.182 e. The molecule has 0 aliphatic heterocycles. The minimum absolute atomic E-state index is 0.142. The van der Waals surface area contributed by atoms with E-state index in [1.807, 2.05) is 30.0 Å². The molecule has 3 aromatic rings. The Labute approximate surface area is 223 Å². The molecule has 4 bridgehead atoms. The van der Waals surface area contributed by atoms with Crippen LogP contribution in [0.5, 0.6) is 0 Å². The Morgan fingerprint density at radius 2 is 1.19 bits per heavy atom. The summed E-state index contributed by atoms with van der Waals surface area (Å²) >= 11 is 1.81. The number of allylic oxidation sites excluding steroid dienone is 2. The van der Waals surface area contributed by atoms with Gasteiger partial charge < -0.3 is 0 Å². The standard InChI is InChI=1S/C30H28O4S3/c31-36(32,23-12-6-2-7-13-23)28-25-19-26(29(28)37(33,34)24-14-8-3-9-15-24)30(35-22-10-4-1-5-11-22)21-17-16-20(18-21)27(25)30/h1-17,20-21,25-29H,18-19H2/t20-,21-,25-,26-,27+,28+,29-,30-/m0/s1. The molecule has 3 saturated carbocycles. The number of hydrogen-bond donors (Lipinski definition) is 0. The quantitative estimate of drug-likeness (QED) is 0.293. The predicted octanol–water partition coefficient (Wildman–Crippen LogP) is 5.67. The van der Waals surface area contributed by atoms with Crippen molar-refractivity contribution in [2.75, 3.05) is 0 Å². The maximum atomic E-state index is 14.4. The van der Waals surface area contributed by atoms with E-state index in [-0.39, 0.29) is 38.2 Å². The third kappa shape index (κ3) is 3.26. The van der Waals surface area contributed by atoms with Gasteiger partial charge >= 0.3 is 0 Å². The second kappa shape index (κ2) is 8.32. The van der Waals surface area contributed by atoms with Crippen molar-refractivity contribution in [2.24, 2.45) is 29.6 Å². The number of sulfone groups is 2. The van der Waals surface area contributed by atoms with Crippen molar-refractivity contribution in [1.82, 2.24) is 0 Å². The largest absolute Gasteiger partial charge is 0.223 e. The molecule has 3 fully saturated rings. The second-order valence-corrected chi connectivity index (χ2v) is 16.4. The van der Waals surface area contributed by atoms with Crippen molar-refractivity contribution >= 4 is 31.4 Å². The Hall–Kier alpha value is -2.35. The lowest BCUT2D eigenvalue weighted by atomic mass is 9.72. The highest BCUT2D eigenvalue weighted by Gasteiger charge is 2.77. The average molecular weight is 549 g/mol. The SMILES string of the molecule is O=S(=O)(c1ccccc1)[C@@H]1[C@H]2C[C@@H]([C@@H]1S(=O)(=O)c1ccccc1)[C@]1(Sc3ccccc3)[C@@H]2[C@H]2C=C[C@H]1C2. The monoisotopic (exact) mass is 548 g/mol. The van der Waals surface area contributed by atoms with Gasteiger partial charge in [-0.25, -0.2) is 16.8 Å². The molecule has 0 spiro atoms. The summed E-state index contributed by atoms with van der Waals surface area (Å²) in [6.07, 6.45) is 6.16. The molecule has 0 amide bonds. The number of rotatable bonds is 6. The van der Waals surface area contributed by atoms with Gasteiger partial charge in [0.1, 0.15) is 0 Å². The van der Waals surface area contributed by atoms with Crippen LogP contribution in [-0.2, 0) is 19.7 Å². The molecule has 4 nitrogen and oxygen atoms in total. The summed E-state index contributed by atoms with van der Waals surface area (Å²) in [5.41, 5.74) is 0. The molecule has 4 aliphatic carbocycles. The minimum Gasteiger partial charge on any atom is -0.223 e. The van der Waals surface area contributed by atoms with Gasteiger partial charge in [0.2, 0.25) is 0 Å². The van der Waals surface area contributed by atoms with Crippen molar-refractivity contribution in [3.63, 3.8) is 0 Å². The lowest BCUT2D eigenvalue weighted by molar-refractivity contribution is 0.242. The molecule has 0 aromatic heterocycles. The first-order valence-electron chi connectivity index (χ1n) is 12.9. The molecule has 0 saturated heterocycles. The van der Waals surface area contributed by atoms with Crippen LogP contribution >= 0.6 is 11.8 Å².